The van der Waals surface area contributed by atoms with Crippen LogP contribution >= 0.6 is 0 Å². The molecule has 26 heavy (non-hydrogen) atoms. The molecule has 2 heterocycles. The number of anilines is 2. The number of carbonyl (C=O) groups is 1. The van der Waals surface area contributed by atoms with Crippen LogP contribution in [0.1, 0.15) is 16.9 Å². The Balaban J connectivity index is 1.53. The van der Waals surface area contributed by atoms with E-state index in [0.29, 0.717) is 11.3 Å². The van der Waals surface area contributed by atoms with Gasteiger partial charge in [0.05, 0.1) is 6.54 Å². The number of benzene rings is 1. The molecule has 1 saturated heterocycles. The number of hydrogen-bond acceptors (Lipinski definition) is 5. The van der Waals surface area contributed by atoms with Gasteiger partial charge in [-0.2, -0.15) is 5.26 Å². The third kappa shape index (κ3) is 3.86. The highest BCUT2D eigenvalue weighted by molar-refractivity contribution is 5.92. The second kappa shape index (κ2) is 7.58. The maximum absolute atomic E-state index is 13.0. The first-order valence-corrected chi connectivity index (χ1v) is 8.50. The molecule has 0 aliphatic carbocycles. The van der Waals surface area contributed by atoms with Crippen molar-refractivity contribution >= 4 is 17.5 Å². The molecule has 0 saturated carbocycles. The number of nitrogens with one attached hydrogen (secondary N) is 1. The van der Waals surface area contributed by atoms with Crippen molar-refractivity contribution in [2.45, 2.75) is 13.8 Å². The molecular formula is C19H21FN4O2. The lowest BCUT2D eigenvalue weighted by Gasteiger charge is -2.35. The summed E-state index contributed by atoms with van der Waals surface area (Å²) in [6.07, 6.45) is 0. The van der Waals surface area contributed by atoms with Crippen LogP contribution in [0, 0.1) is 31.0 Å². The van der Waals surface area contributed by atoms with E-state index in [1.807, 2.05) is 4.90 Å². The quantitative estimate of drug-likeness (QED) is 0.912. The van der Waals surface area contributed by atoms with E-state index in [4.69, 9.17) is 4.42 Å². The monoisotopic (exact) mass is 356 g/mol. The van der Waals surface area contributed by atoms with Crippen molar-refractivity contribution in [3.8, 4) is 6.07 Å². The Hall–Kier alpha value is -2.85. The average Bonchev–Trinajstić information content (AvgIpc) is 2.89. The van der Waals surface area contributed by atoms with E-state index < -0.39 is 0 Å². The zero-order chi connectivity index (χ0) is 18.7. The molecule has 3 rings (SSSR count). The Morgan fingerprint density at radius 3 is 2.50 bits per heavy atom. The summed E-state index contributed by atoms with van der Waals surface area (Å²) in [6.45, 7) is 6.78. The lowest BCUT2D eigenvalue weighted by molar-refractivity contribution is -0.117. The molecule has 1 aliphatic rings. The number of furan rings is 1. The van der Waals surface area contributed by atoms with Gasteiger partial charge in [-0.15, -0.1) is 0 Å². The van der Waals surface area contributed by atoms with Gasteiger partial charge in [0.25, 0.3) is 0 Å². The van der Waals surface area contributed by atoms with E-state index in [1.165, 1.54) is 12.1 Å². The first-order valence-electron chi connectivity index (χ1n) is 8.50. The number of nitrogens with zero attached hydrogens (tertiary/aromatic N) is 3. The molecule has 0 spiro atoms. The summed E-state index contributed by atoms with van der Waals surface area (Å²) in [7, 11) is 0. The van der Waals surface area contributed by atoms with Gasteiger partial charge >= 0.3 is 0 Å². The minimum Gasteiger partial charge on any atom is -0.444 e. The highest BCUT2D eigenvalue weighted by Gasteiger charge is 2.21. The summed E-state index contributed by atoms with van der Waals surface area (Å²) in [5.41, 5.74) is 2.10. The minimum absolute atomic E-state index is 0.203. The van der Waals surface area contributed by atoms with Gasteiger partial charge in [-0.25, -0.2) is 4.39 Å². The van der Waals surface area contributed by atoms with Crippen LogP contribution in [0.15, 0.2) is 28.7 Å². The predicted octanol–water partition coefficient (Wildman–Crippen LogP) is 2.67. The zero-order valence-electron chi connectivity index (χ0n) is 14.9. The second-order valence-corrected chi connectivity index (χ2v) is 6.39. The summed E-state index contributed by atoms with van der Waals surface area (Å²) in [5, 5.41) is 11.9. The molecule has 1 aliphatic heterocycles. The molecule has 1 amide bonds. The van der Waals surface area contributed by atoms with E-state index in [1.54, 1.807) is 26.0 Å². The fourth-order valence-electron chi connectivity index (χ4n) is 3.03. The maximum atomic E-state index is 13.0. The Labute approximate surface area is 151 Å². The molecule has 7 heteroatoms. The van der Waals surface area contributed by atoms with Gasteiger partial charge in [0.15, 0.2) is 0 Å². The molecule has 0 atom stereocenters. The molecule has 6 nitrogen and oxygen atoms in total. The molecule has 1 aromatic carbocycles. The number of piperazine rings is 1. The van der Waals surface area contributed by atoms with Crippen molar-refractivity contribution in [1.29, 1.82) is 5.26 Å². The molecule has 136 valence electrons. The number of rotatable bonds is 4. The second-order valence-electron chi connectivity index (χ2n) is 6.39. The van der Waals surface area contributed by atoms with Crippen LogP contribution in [0.2, 0.25) is 0 Å². The van der Waals surface area contributed by atoms with Crippen molar-refractivity contribution in [3.05, 3.63) is 47.0 Å². The lowest BCUT2D eigenvalue weighted by atomic mass is 10.2. The summed E-state index contributed by atoms with van der Waals surface area (Å²) in [4.78, 5) is 16.5. The van der Waals surface area contributed by atoms with Crippen molar-refractivity contribution in [2.24, 2.45) is 0 Å². The summed E-state index contributed by atoms with van der Waals surface area (Å²) in [6, 6.07) is 8.51. The fourth-order valence-corrected chi connectivity index (χ4v) is 3.03. The van der Waals surface area contributed by atoms with Gasteiger partial charge in [0.2, 0.25) is 11.8 Å². The average molecular weight is 356 g/mol. The van der Waals surface area contributed by atoms with Gasteiger partial charge in [0.1, 0.15) is 23.2 Å². The lowest BCUT2D eigenvalue weighted by Crippen LogP contribution is -2.48. The number of halogens is 1. The molecule has 0 bridgehead atoms. The molecule has 1 N–H and O–H groups in total. The first-order chi connectivity index (χ1) is 12.5. The number of aryl methyl sites for hydroxylation is 1. The number of amides is 1. The molecule has 1 fully saturated rings. The van der Waals surface area contributed by atoms with Crippen molar-refractivity contribution in [2.75, 3.05) is 42.9 Å². The molecule has 0 unspecified atom stereocenters. The molecular weight excluding hydrogens is 335 g/mol. The van der Waals surface area contributed by atoms with Gasteiger partial charge in [-0.3, -0.25) is 15.0 Å². The highest BCUT2D eigenvalue weighted by Crippen LogP contribution is 2.25. The highest BCUT2D eigenvalue weighted by atomic mass is 19.1. The zero-order valence-corrected chi connectivity index (χ0v) is 14.9. The Kier molecular flexibility index (Phi) is 5.24. The number of hydrogen-bond donors (Lipinski definition) is 1. The predicted molar refractivity (Wildman–Crippen MR) is 96.6 cm³/mol. The van der Waals surface area contributed by atoms with Crippen LogP contribution in [0.5, 0.6) is 0 Å². The normalized spacial score (nSPS) is 14.9. The Bertz CT molecular complexity index is 830. The third-order valence-corrected chi connectivity index (χ3v) is 4.68. The standard InChI is InChI=1S/C19H21FN4O2/c1-13-14(2)26-19(17(13)11-21)22-18(25)12-23-7-9-24(10-8-23)16-5-3-15(20)4-6-16/h3-6H,7-10,12H2,1-2H3,(H,22,25). The summed E-state index contributed by atoms with van der Waals surface area (Å²) >= 11 is 0. The summed E-state index contributed by atoms with van der Waals surface area (Å²) in [5.74, 6) is 0.400. The molecule has 0 radical (unpaired) electrons. The van der Waals surface area contributed by atoms with Crippen molar-refractivity contribution in [1.82, 2.24) is 4.90 Å². The largest absolute Gasteiger partial charge is 0.444 e. The Morgan fingerprint density at radius 2 is 1.88 bits per heavy atom. The fraction of sp³-hybridized carbons (Fsp3) is 0.368. The smallest absolute Gasteiger partial charge is 0.240 e. The van der Waals surface area contributed by atoms with E-state index >= 15 is 0 Å². The number of nitriles is 1. The van der Waals surface area contributed by atoms with Crippen LogP contribution in [0.25, 0.3) is 0 Å². The van der Waals surface area contributed by atoms with Gasteiger partial charge in [0, 0.05) is 37.4 Å². The minimum atomic E-state index is -0.246. The third-order valence-electron chi connectivity index (χ3n) is 4.68. The van der Waals surface area contributed by atoms with Gasteiger partial charge in [-0.1, -0.05) is 0 Å². The van der Waals surface area contributed by atoms with Crippen LogP contribution in [0.3, 0.4) is 0 Å². The molecule has 2 aromatic rings. The van der Waals surface area contributed by atoms with Crippen LogP contribution in [-0.2, 0) is 4.79 Å². The maximum Gasteiger partial charge on any atom is 0.240 e. The van der Waals surface area contributed by atoms with E-state index in [-0.39, 0.29) is 24.2 Å². The first kappa shape index (κ1) is 18.0. The molecule has 1 aromatic heterocycles. The van der Waals surface area contributed by atoms with Gasteiger partial charge < -0.3 is 9.32 Å². The van der Waals surface area contributed by atoms with E-state index in [9.17, 15) is 14.4 Å². The topological polar surface area (TPSA) is 72.5 Å². The van der Waals surface area contributed by atoms with Crippen LogP contribution in [-0.4, -0.2) is 43.5 Å². The van der Waals surface area contributed by atoms with Crippen LogP contribution in [0.4, 0.5) is 16.0 Å². The SMILES string of the molecule is Cc1oc(NC(=O)CN2CCN(c3ccc(F)cc3)CC2)c(C#N)c1C. The van der Waals surface area contributed by atoms with Crippen molar-refractivity contribution < 1.29 is 13.6 Å². The summed E-state index contributed by atoms with van der Waals surface area (Å²) < 4.78 is 18.5. The van der Waals surface area contributed by atoms with E-state index in [2.05, 4.69) is 16.3 Å². The van der Waals surface area contributed by atoms with Crippen molar-refractivity contribution in [3.63, 3.8) is 0 Å². The van der Waals surface area contributed by atoms with Gasteiger partial charge in [-0.05, 0) is 38.1 Å². The number of carbonyl (C=O) groups excluding carboxylic acids is 1. The van der Waals surface area contributed by atoms with Crippen LogP contribution < -0.4 is 10.2 Å². The Morgan fingerprint density at radius 1 is 1.23 bits per heavy atom. The van der Waals surface area contributed by atoms with E-state index in [0.717, 1.165) is 37.4 Å².